The number of para-hydroxylation sites is 1. The molecule has 0 unspecified atom stereocenters. The summed E-state index contributed by atoms with van der Waals surface area (Å²) in [6.07, 6.45) is 0.772. The second-order valence-electron chi connectivity index (χ2n) is 6.81. The maximum atomic E-state index is 12.7. The smallest absolute Gasteiger partial charge is 0.253 e. The molecule has 0 saturated carbocycles. The molecule has 0 aliphatic rings. The Morgan fingerprint density at radius 2 is 1.73 bits per heavy atom. The summed E-state index contributed by atoms with van der Waals surface area (Å²) in [6.45, 7) is 3.44. The maximum Gasteiger partial charge on any atom is 0.253 e. The first-order chi connectivity index (χ1) is 14.2. The Morgan fingerprint density at radius 3 is 2.33 bits per heavy atom. The Balaban J connectivity index is 2.10. The molecule has 2 rings (SSSR count). The summed E-state index contributed by atoms with van der Waals surface area (Å²) in [5.74, 6) is -0.334. The molecule has 0 saturated heterocycles. The second kappa shape index (κ2) is 10.2. The summed E-state index contributed by atoms with van der Waals surface area (Å²) >= 11 is 0. The van der Waals surface area contributed by atoms with E-state index in [2.05, 4.69) is 10.6 Å². The van der Waals surface area contributed by atoms with Gasteiger partial charge in [0.15, 0.2) is 0 Å². The molecule has 0 heterocycles. The molecule has 0 bridgehead atoms. The Bertz CT molecular complexity index is 990. The number of benzene rings is 2. The van der Waals surface area contributed by atoms with Crippen molar-refractivity contribution in [1.82, 2.24) is 9.62 Å². The first kappa shape index (κ1) is 23.4. The van der Waals surface area contributed by atoms with Crippen molar-refractivity contribution >= 4 is 27.5 Å². The van der Waals surface area contributed by atoms with E-state index in [4.69, 9.17) is 4.74 Å². The minimum Gasteiger partial charge on any atom is -0.497 e. The minimum atomic E-state index is -3.86. The standard InChI is InChI=1S/C21H27N3O5S/c1-5-15(2)22-21(26)18-8-6-7-9-19(18)23-20(25)14-24(3)30(27,28)17-12-10-16(29-4)11-13-17/h6-13,15H,5,14H2,1-4H3,(H,22,26)(H,23,25)/t15-/m1/s1. The van der Waals surface area contributed by atoms with Gasteiger partial charge < -0.3 is 15.4 Å². The number of carbonyl (C=O) groups excluding carboxylic acids is 2. The number of rotatable bonds is 9. The number of ether oxygens (including phenoxy) is 1. The Kier molecular flexibility index (Phi) is 7.96. The molecular formula is C21H27N3O5S. The van der Waals surface area contributed by atoms with Gasteiger partial charge in [0.25, 0.3) is 5.91 Å². The summed E-state index contributed by atoms with van der Waals surface area (Å²) in [5, 5.41) is 5.48. The number of amides is 2. The molecule has 2 aromatic rings. The van der Waals surface area contributed by atoms with Crippen LogP contribution in [0.25, 0.3) is 0 Å². The van der Waals surface area contributed by atoms with Gasteiger partial charge in [0.1, 0.15) is 5.75 Å². The quantitative estimate of drug-likeness (QED) is 0.632. The summed E-state index contributed by atoms with van der Waals surface area (Å²) in [5.41, 5.74) is 0.630. The Morgan fingerprint density at radius 1 is 1.10 bits per heavy atom. The second-order valence-corrected chi connectivity index (χ2v) is 8.86. The van der Waals surface area contributed by atoms with Crippen molar-refractivity contribution in [3.8, 4) is 5.75 Å². The van der Waals surface area contributed by atoms with Crippen LogP contribution in [-0.4, -0.2) is 51.3 Å². The van der Waals surface area contributed by atoms with Crippen LogP contribution in [0.3, 0.4) is 0 Å². The third-order valence-corrected chi connectivity index (χ3v) is 6.39. The lowest BCUT2D eigenvalue weighted by Crippen LogP contribution is -2.36. The van der Waals surface area contributed by atoms with Crippen molar-refractivity contribution in [3.63, 3.8) is 0 Å². The normalized spacial score (nSPS) is 12.3. The van der Waals surface area contributed by atoms with Crippen LogP contribution in [0.5, 0.6) is 5.75 Å². The van der Waals surface area contributed by atoms with E-state index >= 15 is 0 Å². The topological polar surface area (TPSA) is 105 Å². The number of nitrogens with one attached hydrogen (secondary N) is 2. The molecule has 0 aliphatic carbocycles. The van der Waals surface area contributed by atoms with Crippen molar-refractivity contribution in [2.24, 2.45) is 0 Å². The monoisotopic (exact) mass is 433 g/mol. The molecule has 30 heavy (non-hydrogen) atoms. The fourth-order valence-electron chi connectivity index (χ4n) is 2.60. The van der Waals surface area contributed by atoms with Gasteiger partial charge in [0.2, 0.25) is 15.9 Å². The maximum absolute atomic E-state index is 12.7. The van der Waals surface area contributed by atoms with E-state index in [0.717, 1.165) is 10.7 Å². The van der Waals surface area contributed by atoms with Gasteiger partial charge in [-0.2, -0.15) is 4.31 Å². The molecule has 8 nitrogen and oxygen atoms in total. The fraction of sp³-hybridized carbons (Fsp3) is 0.333. The molecule has 0 radical (unpaired) electrons. The number of sulfonamides is 1. The molecule has 9 heteroatoms. The van der Waals surface area contributed by atoms with Crippen molar-refractivity contribution in [3.05, 3.63) is 54.1 Å². The van der Waals surface area contributed by atoms with Crippen LogP contribution in [0, 0.1) is 0 Å². The average Bonchev–Trinajstić information content (AvgIpc) is 2.73. The molecular weight excluding hydrogens is 406 g/mol. The van der Waals surface area contributed by atoms with Crippen molar-refractivity contribution < 1.29 is 22.7 Å². The molecule has 0 aromatic heterocycles. The molecule has 2 N–H and O–H groups in total. The molecule has 0 spiro atoms. The van der Waals surface area contributed by atoms with Crippen LogP contribution in [0.4, 0.5) is 5.69 Å². The van der Waals surface area contributed by atoms with Gasteiger partial charge in [-0.05, 0) is 49.7 Å². The van der Waals surface area contributed by atoms with E-state index in [1.165, 1.54) is 38.4 Å². The minimum absolute atomic E-state index is 0.0120. The highest BCUT2D eigenvalue weighted by molar-refractivity contribution is 7.89. The summed E-state index contributed by atoms with van der Waals surface area (Å²) in [4.78, 5) is 25.0. The first-order valence-electron chi connectivity index (χ1n) is 9.49. The van der Waals surface area contributed by atoms with Gasteiger partial charge in [-0.25, -0.2) is 8.42 Å². The number of hydrogen-bond donors (Lipinski definition) is 2. The van der Waals surface area contributed by atoms with Gasteiger partial charge >= 0.3 is 0 Å². The van der Waals surface area contributed by atoms with E-state index in [-0.39, 0.29) is 16.8 Å². The zero-order valence-corrected chi connectivity index (χ0v) is 18.3. The third-order valence-electron chi connectivity index (χ3n) is 4.57. The van der Waals surface area contributed by atoms with Crippen LogP contribution >= 0.6 is 0 Å². The van der Waals surface area contributed by atoms with E-state index in [9.17, 15) is 18.0 Å². The summed E-state index contributed by atoms with van der Waals surface area (Å²) in [6, 6.07) is 12.5. The highest BCUT2D eigenvalue weighted by Crippen LogP contribution is 2.19. The van der Waals surface area contributed by atoms with Gasteiger partial charge in [-0.15, -0.1) is 0 Å². The third kappa shape index (κ3) is 5.80. The molecule has 162 valence electrons. The Labute approximate surface area is 177 Å². The predicted octanol–water partition coefficient (Wildman–Crippen LogP) is 2.48. The number of methoxy groups -OCH3 is 1. The Hall–Kier alpha value is -2.91. The van der Waals surface area contributed by atoms with Gasteiger partial charge in [-0.3, -0.25) is 9.59 Å². The number of anilines is 1. The largest absolute Gasteiger partial charge is 0.497 e. The van der Waals surface area contributed by atoms with Crippen LogP contribution in [0.1, 0.15) is 30.6 Å². The van der Waals surface area contributed by atoms with Crippen LogP contribution < -0.4 is 15.4 Å². The lowest BCUT2D eigenvalue weighted by atomic mass is 10.1. The van der Waals surface area contributed by atoms with Gasteiger partial charge in [0, 0.05) is 13.1 Å². The zero-order valence-electron chi connectivity index (χ0n) is 17.5. The lowest BCUT2D eigenvalue weighted by molar-refractivity contribution is -0.116. The lowest BCUT2D eigenvalue weighted by Gasteiger charge is -2.18. The number of likely N-dealkylation sites (N-methyl/N-ethyl adjacent to an activating group) is 1. The summed E-state index contributed by atoms with van der Waals surface area (Å²) < 4.78 is 31.4. The average molecular weight is 434 g/mol. The SMILES string of the molecule is CC[C@@H](C)NC(=O)c1ccccc1NC(=O)CN(C)S(=O)(=O)c1ccc(OC)cc1. The van der Waals surface area contributed by atoms with E-state index in [1.807, 2.05) is 13.8 Å². The van der Waals surface area contributed by atoms with Crippen LogP contribution in [0.2, 0.25) is 0 Å². The number of hydrogen-bond acceptors (Lipinski definition) is 5. The van der Waals surface area contributed by atoms with E-state index in [1.54, 1.807) is 24.3 Å². The van der Waals surface area contributed by atoms with E-state index in [0.29, 0.717) is 17.0 Å². The molecule has 2 amide bonds. The van der Waals surface area contributed by atoms with Crippen molar-refractivity contribution in [2.75, 3.05) is 26.0 Å². The van der Waals surface area contributed by atoms with Crippen LogP contribution in [0.15, 0.2) is 53.4 Å². The fourth-order valence-corrected chi connectivity index (χ4v) is 3.73. The molecule has 0 fully saturated rings. The summed E-state index contributed by atoms with van der Waals surface area (Å²) in [7, 11) is -1.05. The molecule has 0 aliphatic heterocycles. The van der Waals surface area contributed by atoms with Crippen molar-refractivity contribution in [1.29, 1.82) is 0 Å². The van der Waals surface area contributed by atoms with Gasteiger partial charge in [-0.1, -0.05) is 19.1 Å². The van der Waals surface area contributed by atoms with Gasteiger partial charge in [0.05, 0.1) is 29.8 Å². The van der Waals surface area contributed by atoms with Crippen molar-refractivity contribution in [2.45, 2.75) is 31.2 Å². The number of nitrogens with zero attached hydrogens (tertiary/aromatic N) is 1. The number of carbonyl (C=O) groups is 2. The molecule has 1 atom stereocenters. The highest BCUT2D eigenvalue weighted by Gasteiger charge is 2.24. The molecule has 2 aromatic carbocycles. The first-order valence-corrected chi connectivity index (χ1v) is 10.9. The van der Waals surface area contributed by atoms with Crippen LogP contribution in [-0.2, 0) is 14.8 Å². The highest BCUT2D eigenvalue weighted by atomic mass is 32.2. The zero-order chi connectivity index (χ0) is 22.3. The van der Waals surface area contributed by atoms with E-state index < -0.39 is 22.5 Å². The predicted molar refractivity (Wildman–Crippen MR) is 115 cm³/mol.